The number of amides is 1. The van der Waals surface area contributed by atoms with E-state index in [9.17, 15) is 14.7 Å². The summed E-state index contributed by atoms with van der Waals surface area (Å²) >= 11 is 0. The van der Waals surface area contributed by atoms with Crippen LogP contribution in [-0.4, -0.2) is 40.5 Å². The van der Waals surface area contributed by atoms with Gasteiger partial charge >= 0.3 is 5.97 Å². The molecule has 1 aliphatic heterocycles. The number of carboxylic acid groups (broad SMARTS) is 1. The Kier molecular flexibility index (Phi) is 4.37. The number of likely N-dealkylation sites (tertiary alicyclic amines) is 1. The molecule has 3 N–H and O–H groups in total. The van der Waals surface area contributed by atoms with Gasteiger partial charge in [-0.1, -0.05) is 13.8 Å². The number of rotatable bonds is 5. The SMILES string of the molecule is CCC(C)(CN)C(=O)N1CCCC1(CC)C(=O)O. The number of hydrogen-bond donors (Lipinski definition) is 2. The first kappa shape index (κ1) is 15.0. The summed E-state index contributed by atoms with van der Waals surface area (Å²) in [6.45, 7) is 6.32. The van der Waals surface area contributed by atoms with E-state index in [4.69, 9.17) is 5.73 Å². The van der Waals surface area contributed by atoms with Gasteiger partial charge in [0.2, 0.25) is 5.91 Å². The first-order chi connectivity index (χ1) is 8.38. The molecule has 0 aromatic heterocycles. The highest BCUT2D eigenvalue weighted by atomic mass is 16.4. The van der Waals surface area contributed by atoms with Crippen molar-refractivity contribution in [1.82, 2.24) is 4.90 Å². The molecule has 0 aromatic rings. The van der Waals surface area contributed by atoms with Crippen molar-refractivity contribution in [2.24, 2.45) is 11.1 Å². The molecule has 0 spiro atoms. The molecule has 2 atom stereocenters. The van der Waals surface area contributed by atoms with E-state index in [1.807, 2.05) is 20.8 Å². The fourth-order valence-electron chi connectivity index (χ4n) is 2.62. The van der Waals surface area contributed by atoms with E-state index in [1.165, 1.54) is 0 Å². The average molecular weight is 256 g/mol. The Morgan fingerprint density at radius 1 is 1.44 bits per heavy atom. The van der Waals surface area contributed by atoms with Crippen LogP contribution in [0, 0.1) is 5.41 Å². The largest absolute Gasteiger partial charge is 0.479 e. The number of carbonyl (C=O) groups excluding carboxylic acids is 1. The summed E-state index contributed by atoms with van der Waals surface area (Å²) < 4.78 is 0. The lowest BCUT2D eigenvalue weighted by molar-refractivity contribution is -0.161. The minimum atomic E-state index is -1.03. The number of aliphatic carboxylic acids is 1. The van der Waals surface area contributed by atoms with Crippen molar-refractivity contribution in [2.75, 3.05) is 13.1 Å². The predicted molar refractivity (Wildman–Crippen MR) is 69.1 cm³/mol. The highest BCUT2D eigenvalue weighted by Crippen LogP contribution is 2.37. The summed E-state index contributed by atoms with van der Waals surface area (Å²) in [5.41, 5.74) is 4.02. The maximum Gasteiger partial charge on any atom is 0.329 e. The molecule has 1 aliphatic rings. The Bertz CT molecular complexity index is 339. The van der Waals surface area contributed by atoms with Gasteiger partial charge in [-0.25, -0.2) is 4.79 Å². The number of nitrogens with zero attached hydrogens (tertiary/aromatic N) is 1. The van der Waals surface area contributed by atoms with Crippen LogP contribution in [0.15, 0.2) is 0 Å². The zero-order chi connectivity index (χ0) is 14.0. The number of nitrogens with two attached hydrogens (primary N) is 1. The van der Waals surface area contributed by atoms with Gasteiger partial charge < -0.3 is 15.7 Å². The van der Waals surface area contributed by atoms with Crippen molar-refractivity contribution in [1.29, 1.82) is 0 Å². The smallest absolute Gasteiger partial charge is 0.329 e. The van der Waals surface area contributed by atoms with Gasteiger partial charge in [-0.05, 0) is 32.6 Å². The van der Waals surface area contributed by atoms with Crippen molar-refractivity contribution >= 4 is 11.9 Å². The standard InChI is InChI=1S/C13H24N2O3/c1-4-12(3,9-14)10(16)15-8-6-7-13(15,5-2)11(17)18/h4-9,14H2,1-3H3,(H,17,18). The Balaban J connectivity index is 3.08. The third-order valence-electron chi connectivity index (χ3n) is 4.46. The van der Waals surface area contributed by atoms with Crippen molar-refractivity contribution in [3.8, 4) is 0 Å². The molecule has 5 nitrogen and oxygen atoms in total. The molecule has 0 aromatic carbocycles. The lowest BCUT2D eigenvalue weighted by Gasteiger charge is -2.39. The Morgan fingerprint density at radius 3 is 2.44 bits per heavy atom. The number of carboxylic acids is 1. The monoisotopic (exact) mass is 256 g/mol. The molecule has 0 saturated carbocycles. The molecule has 0 bridgehead atoms. The molecule has 0 aliphatic carbocycles. The second-order valence-electron chi connectivity index (χ2n) is 5.37. The minimum absolute atomic E-state index is 0.116. The summed E-state index contributed by atoms with van der Waals surface area (Å²) in [7, 11) is 0. The van der Waals surface area contributed by atoms with Crippen molar-refractivity contribution < 1.29 is 14.7 Å². The van der Waals surface area contributed by atoms with E-state index in [-0.39, 0.29) is 12.5 Å². The zero-order valence-electron chi connectivity index (χ0n) is 11.5. The molecule has 5 heteroatoms. The van der Waals surface area contributed by atoms with E-state index in [0.29, 0.717) is 25.8 Å². The van der Waals surface area contributed by atoms with E-state index in [2.05, 4.69) is 0 Å². The normalized spacial score (nSPS) is 27.0. The Hall–Kier alpha value is -1.10. The second-order valence-corrected chi connectivity index (χ2v) is 5.37. The third-order valence-corrected chi connectivity index (χ3v) is 4.46. The van der Waals surface area contributed by atoms with Crippen LogP contribution in [0.5, 0.6) is 0 Å². The van der Waals surface area contributed by atoms with Crippen LogP contribution < -0.4 is 5.73 Å². The van der Waals surface area contributed by atoms with Crippen LogP contribution in [-0.2, 0) is 9.59 Å². The van der Waals surface area contributed by atoms with Crippen LogP contribution in [0.4, 0.5) is 0 Å². The van der Waals surface area contributed by atoms with E-state index < -0.39 is 16.9 Å². The van der Waals surface area contributed by atoms with Crippen LogP contribution in [0.1, 0.15) is 46.5 Å². The molecule has 1 saturated heterocycles. The van der Waals surface area contributed by atoms with Gasteiger partial charge in [0.05, 0.1) is 5.41 Å². The summed E-state index contributed by atoms with van der Waals surface area (Å²) in [5, 5.41) is 9.47. The van der Waals surface area contributed by atoms with Gasteiger partial charge in [0.25, 0.3) is 0 Å². The number of hydrogen-bond acceptors (Lipinski definition) is 3. The van der Waals surface area contributed by atoms with Gasteiger partial charge in [0.1, 0.15) is 5.54 Å². The molecule has 0 radical (unpaired) electrons. The highest BCUT2D eigenvalue weighted by molar-refractivity contribution is 5.90. The molecule has 1 fully saturated rings. The molecule has 1 amide bonds. The van der Waals surface area contributed by atoms with Gasteiger partial charge in [0.15, 0.2) is 0 Å². The molecular weight excluding hydrogens is 232 g/mol. The van der Waals surface area contributed by atoms with Crippen molar-refractivity contribution in [2.45, 2.75) is 52.0 Å². The first-order valence-electron chi connectivity index (χ1n) is 6.63. The summed E-state index contributed by atoms with van der Waals surface area (Å²) in [5.74, 6) is -1.01. The van der Waals surface area contributed by atoms with Crippen molar-refractivity contribution in [3.63, 3.8) is 0 Å². The number of carbonyl (C=O) groups is 2. The van der Waals surface area contributed by atoms with Crippen LogP contribution in [0.3, 0.4) is 0 Å². The minimum Gasteiger partial charge on any atom is -0.479 e. The van der Waals surface area contributed by atoms with Crippen LogP contribution in [0.25, 0.3) is 0 Å². The Labute approximate surface area is 108 Å². The molecule has 1 rings (SSSR count). The van der Waals surface area contributed by atoms with E-state index >= 15 is 0 Å². The molecular formula is C13H24N2O3. The fraction of sp³-hybridized carbons (Fsp3) is 0.846. The first-order valence-corrected chi connectivity index (χ1v) is 6.63. The van der Waals surface area contributed by atoms with Crippen LogP contribution >= 0.6 is 0 Å². The third kappa shape index (κ3) is 2.11. The van der Waals surface area contributed by atoms with Gasteiger partial charge in [-0.2, -0.15) is 0 Å². The van der Waals surface area contributed by atoms with Gasteiger partial charge in [-0.3, -0.25) is 4.79 Å². The predicted octanol–water partition coefficient (Wildman–Crippen LogP) is 1.22. The lowest BCUT2D eigenvalue weighted by Crippen LogP contribution is -2.57. The average Bonchev–Trinajstić information content (AvgIpc) is 2.81. The maximum absolute atomic E-state index is 12.6. The van der Waals surface area contributed by atoms with Gasteiger partial charge in [0, 0.05) is 13.1 Å². The fourth-order valence-corrected chi connectivity index (χ4v) is 2.62. The molecule has 2 unspecified atom stereocenters. The van der Waals surface area contributed by atoms with E-state index in [1.54, 1.807) is 4.90 Å². The summed E-state index contributed by atoms with van der Waals surface area (Å²) in [6, 6.07) is 0. The zero-order valence-corrected chi connectivity index (χ0v) is 11.5. The van der Waals surface area contributed by atoms with Gasteiger partial charge in [-0.15, -0.1) is 0 Å². The topological polar surface area (TPSA) is 83.6 Å². The molecule has 1 heterocycles. The Morgan fingerprint density at radius 2 is 2.06 bits per heavy atom. The lowest BCUT2D eigenvalue weighted by atomic mass is 9.83. The van der Waals surface area contributed by atoms with Crippen molar-refractivity contribution in [3.05, 3.63) is 0 Å². The summed E-state index contributed by atoms with van der Waals surface area (Å²) in [6.07, 6.45) is 2.35. The molecule has 104 valence electrons. The maximum atomic E-state index is 12.6. The van der Waals surface area contributed by atoms with E-state index in [0.717, 1.165) is 6.42 Å². The second kappa shape index (κ2) is 5.26. The highest BCUT2D eigenvalue weighted by Gasteiger charge is 2.51. The van der Waals surface area contributed by atoms with Crippen LogP contribution in [0.2, 0.25) is 0 Å². The summed E-state index contributed by atoms with van der Waals surface area (Å²) in [4.78, 5) is 25.7. The molecule has 18 heavy (non-hydrogen) atoms. The quantitative estimate of drug-likeness (QED) is 0.774.